The molecule has 0 aliphatic rings. The first kappa shape index (κ1) is 17.6. The molecule has 2 rings (SSSR count). The van der Waals surface area contributed by atoms with Gasteiger partial charge in [0.1, 0.15) is 0 Å². The summed E-state index contributed by atoms with van der Waals surface area (Å²) in [6.07, 6.45) is 0.528. The maximum atomic E-state index is 12.3. The van der Waals surface area contributed by atoms with E-state index in [1.165, 1.54) is 12.1 Å². The average Bonchev–Trinajstić information content (AvgIpc) is 2.56. The number of nitro benzene ring substituents is 1. The van der Waals surface area contributed by atoms with E-state index in [1.54, 1.807) is 6.92 Å². The lowest BCUT2D eigenvalue weighted by Gasteiger charge is -2.07. The standard InChI is InChI=1S/C16H17N3O4S/c1-3-15(13-7-5-4-6-8-13)17-18-24(22,23)14-10-9-12(2)16(11-14)19(20)21/h4-11,18H,3H2,1-2H3. The molecule has 0 radical (unpaired) electrons. The van der Waals surface area contributed by atoms with Crippen LogP contribution in [0, 0.1) is 17.0 Å². The summed E-state index contributed by atoms with van der Waals surface area (Å²) < 4.78 is 24.7. The maximum Gasteiger partial charge on any atom is 0.276 e. The molecule has 0 spiro atoms. The molecule has 1 N–H and O–H groups in total. The zero-order valence-electron chi connectivity index (χ0n) is 13.3. The number of nitrogens with one attached hydrogen (secondary N) is 1. The van der Waals surface area contributed by atoms with Gasteiger partial charge in [-0.25, -0.2) is 0 Å². The minimum absolute atomic E-state index is 0.202. The lowest BCUT2D eigenvalue weighted by molar-refractivity contribution is -0.385. The summed E-state index contributed by atoms with van der Waals surface area (Å²) in [6, 6.07) is 12.9. The Labute approximate surface area is 140 Å². The Kier molecular flexibility index (Phi) is 5.30. The largest absolute Gasteiger partial charge is 0.276 e. The summed E-state index contributed by atoms with van der Waals surface area (Å²) in [4.78, 5) is 12.3. The number of benzene rings is 2. The fourth-order valence-electron chi connectivity index (χ4n) is 2.10. The molecule has 0 bridgehead atoms. The molecule has 8 heteroatoms. The topological polar surface area (TPSA) is 102 Å². The quantitative estimate of drug-likeness (QED) is 0.493. The van der Waals surface area contributed by atoms with Gasteiger partial charge in [-0.2, -0.15) is 18.4 Å². The van der Waals surface area contributed by atoms with Gasteiger partial charge in [-0.3, -0.25) is 10.1 Å². The maximum absolute atomic E-state index is 12.3. The molecule has 126 valence electrons. The van der Waals surface area contributed by atoms with E-state index >= 15 is 0 Å². The molecule has 0 unspecified atom stereocenters. The number of hydrogen-bond donors (Lipinski definition) is 1. The molecule has 0 heterocycles. The van der Waals surface area contributed by atoms with Gasteiger partial charge in [-0.05, 0) is 25.0 Å². The molecule has 24 heavy (non-hydrogen) atoms. The Morgan fingerprint density at radius 1 is 1.21 bits per heavy atom. The zero-order chi connectivity index (χ0) is 17.7. The molecule has 2 aromatic rings. The Bertz CT molecular complexity index is 877. The molecule has 0 atom stereocenters. The van der Waals surface area contributed by atoms with Crippen LogP contribution in [0.3, 0.4) is 0 Å². The lowest BCUT2D eigenvalue weighted by Crippen LogP contribution is -2.20. The highest BCUT2D eigenvalue weighted by Gasteiger charge is 2.19. The third-order valence-corrected chi connectivity index (χ3v) is 4.64. The molecule has 0 aliphatic heterocycles. The fraction of sp³-hybridized carbons (Fsp3) is 0.188. The molecular weight excluding hydrogens is 330 g/mol. The first-order valence-corrected chi connectivity index (χ1v) is 8.72. The van der Waals surface area contributed by atoms with Gasteiger partial charge in [-0.1, -0.05) is 43.3 Å². The summed E-state index contributed by atoms with van der Waals surface area (Å²) in [5.74, 6) is 0. The van der Waals surface area contributed by atoms with Gasteiger partial charge in [0.2, 0.25) is 0 Å². The van der Waals surface area contributed by atoms with E-state index in [1.807, 2.05) is 37.3 Å². The lowest BCUT2D eigenvalue weighted by atomic mass is 10.1. The van der Waals surface area contributed by atoms with Crippen molar-refractivity contribution in [2.75, 3.05) is 0 Å². The second-order valence-corrected chi connectivity index (χ2v) is 6.74. The Balaban J connectivity index is 2.33. The highest BCUT2D eigenvalue weighted by atomic mass is 32.2. The summed E-state index contributed by atoms with van der Waals surface area (Å²) >= 11 is 0. The van der Waals surface area contributed by atoms with Gasteiger partial charge >= 0.3 is 0 Å². The minimum Gasteiger partial charge on any atom is -0.258 e. The molecule has 0 saturated carbocycles. The van der Waals surface area contributed by atoms with Crippen LogP contribution in [0.1, 0.15) is 24.5 Å². The second-order valence-electron chi connectivity index (χ2n) is 5.08. The molecular formula is C16H17N3O4S. The van der Waals surface area contributed by atoms with Gasteiger partial charge in [-0.15, -0.1) is 0 Å². The molecule has 0 aliphatic carbocycles. The van der Waals surface area contributed by atoms with E-state index < -0.39 is 14.9 Å². The zero-order valence-corrected chi connectivity index (χ0v) is 14.1. The number of sulfonamides is 1. The predicted molar refractivity (Wildman–Crippen MR) is 91.4 cm³/mol. The Morgan fingerprint density at radius 2 is 1.88 bits per heavy atom. The highest BCUT2D eigenvalue weighted by molar-refractivity contribution is 7.89. The number of hydrazone groups is 1. The SMILES string of the molecule is CCC(=NNS(=O)(=O)c1ccc(C)c([N+](=O)[O-])c1)c1ccccc1. The summed E-state index contributed by atoms with van der Waals surface area (Å²) in [6.45, 7) is 3.40. The van der Waals surface area contributed by atoms with Crippen molar-refractivity contribution in [3.05, 3.63) is 69.8 Å². The normalized spacial score (nSPS) is 12.0. The van der Waals surface area contributed by atoms with E-state index in [0.29, 0.717) is 17.7 Å². The number of aryl methyl sites for hydroxylation is 1. The van der Waals surface area contributed by atoms with E-state index in [-0.39, 0.29) is 10.6 Å². The van der Waals surface area contributed by atoms with Gasteiger partial charge in [0.05, 0.1) is 15.5 Å². The van der Waals surface area contributed by atoms with E-state index in [0.717, 1.165) is 11.6 Å². The van der Waals surface area contributed by atoms with Crippen molar-refractivity contribution in [2.45, 2.75) is 25.2 Å². The second kappa shape index (κ2) is 7.22. The van der Waals surface area contributed by atoms with Crippen molar-refractivity contribution in [1.82, 2.24) is 4.83 Å². The third-order valence-electron chi connectivity index (χ3n) is 3.43. The van der Waals surface area contributed by atoms with Crippen LogP contribution in [0.15, 0.2) is 58.5 Å². The van der Waals surface area contributed by atoms with Crippen molar-refractivity contribution >= 4 is 21.4 Å². The molecule has 0 amide bonds. The van der Waals surface area contributed by atoms with Crippen molar-refractivity contribution in [3.8, 4) is 0 Å². The van der Waals surface area contributed by atoms with Crippen LogP contribution < -0.4 is 4.83 Å². The van der Waals surface area contributed by atoms with Crippen molar-refractivity contribution in [1.29, 1.82) is 0 Å². The van der Waals surface area contributed by atoms with Gasteiger partial charge in [0, 0.05) is 11.6 Å². The Morgan fingerprint density at radius 3 is 2.46 bits per heavy atom. The highest BCUT2D eigenvalue weighted by Crippen LogP contribution is 2.22. The minimum atomic E-state index is -3.99. The number of nitrogens with zero attached hydrogens (tertiary/aromatic N) is 2. The predicted octanol–water partition coefficient (Wildman–Crippen LogP) is 3.00. The van der Waals surface area contributed by atoms with Crippen LogP contribution >= 0.6 is 0 Å². The summed E-state index contributed by atoms with van der Waals surface area (Å²) in [5, 5.41) is 14.9. The van der Waals surface area contributed by atoms with E-state index in [9.17, 15) is 18.5 Å². The summed E-state index contributed by atoms with van der Waals surface area (Å²) in [5.41, 5.74) is 1.51. The fourth-order valence-corrected chi connectivity index (χ4v) is 2.95. The van der Waals surface area contributed by atoms with Crippen molar-refractivity contribution in [2.24, 2.45) is 5.10 Å². The van der Waals surface area contributed by atoms with Gasteiger partial charge in [0.15, 0.2) is 0 Å². The molecule has 0 saturated heterocycles. The molecule has 0 aromatic heterocycles. The Hall–Kier alpha value is -2.74. The monoisotopic (exact) mass is 347 g/mol. The van der Waals surface area contributed by atoms with Crippen LogP contribution in [-0.4, -0.2) is 19.1 Å². The average molecular weight is 347 g/mol. The first-order chi connectivity index (χ1) is 11.3. The van der Waals surface area contributed by atoms with Gasteiger partial charge in [0.25, 0.3) is 15.7 Å². The van der Waals surface area contributed by atoms with Crippen LogP contribution in [0.4, 0.5) is 5.69 Å². The van der Waals surface area contributed by atoms with Crippen molar-refractivity contribution < 1.29 is 13.3 Å². The molecule has 0 fully saturated rings. The summed E-state index contributed by atoms with van der Waals surface area (Å²) in [7, 11) is -3.99. The van der Waals surface area contributed by atoms with Crippen LogP contribution in [0.25, 0.3) is 0 Å². The van der Waals surface area contributed by atoms with Gasteiger partial charge < -0.3 is 0 Å². The van der Waals surface area contributed by atoms with E-state index in [4.69, 9.17) is 0 Å². The first-order valence-electron chi connectivity index (χ1n) is 7.24. The van der Waals surface area contributed by atoms with Crippen molar-refractivity contribution in [3.63, 3.8) is 0 Å². The third kappa shape index (κ3) is 3.96. The number of nitro groups is 1. The van der Waals surface area contributed by atoms with E-state index in [2.05, 4.69) is 9.93 Å². The smallest absolute Gasteiger partial charge is 0.258 e. The van der Waals surface area contributed by atoms with Crippen LogP contribution in [0.2, 0.25) is 0 Å². The van der Waals surface area contributed by atoms with Crippen LogP contribution in [0.5, 0.6) is 0 Å². The van der Waals surface area contributed by atoms with Crippen LogP contribution in [-0.2, 0) is 10.0 Å². The molecule has 2 aromatic carbocycles. The number of hydrogen-bond acceptors (Lipinski definition) is 5. The molecule has 7 nitrogen and oxygen atoms in total. The number of rotatable bonds is 6.